The summed E-state index contributed by atoms with van der Waals surface area (Å²) in [6.45, 7) is 14.5. The average molecular weight is 222 g/mol. The first-order valence-corrected chi connectivity index (χ1v) is 6.20. The summed E-state index contributed by atoms with van der Waals surface area (Å²) < 4.78 is 0. The third kappa shape index (κ3) is 5.68. The molecule has 0 aliphatic heterocycles. The molecule has 0 saturated heterocycles. The smallest absolute Gasteiger partial charge is 0.0102 e. The second-order valence-corrected chi connectivity index (χ2v) is 4.81. The third-order valence-electron chi connectivity index (χ3n) is 2.39. The topological polar surface area (TPSA) is 0 Å². The van der Waals surface area contributed by atoms with Gasteiger partial charge in [-0.3, -0.25) is 0 Å². The van der Waals surface area contributed by atoms with E-state index in [9.17, 15) is 0 Å². The first-order valence-electron chi connectivity index (χ1n) is 5.32. The maximum atomic E-state index is 3.74. The highest BCUT2D eigenvalue weighted by Crippen LogP contribution is 2.22. The van der Waals surface area contributed by atoms with Crippen LogP contribution in [-0.4, -0.2) is 0 Å². The Balaban J connectivity index is 4.77. The van der Waals surface area contributed by atoms with Gasteiger partial charge in [-0.25, -0.2) is 0 Å². The van der Waals surface area contributed by atoms with Gasteiger partial charge in [0.05, 0.1) is 0 Å². The number of hydrogen-bond donors (Lipinski definition) is 0. The average Bonchev–Trinajstić information content (AvgIpc) is 2.21. The Hall–Kier alpha value is -0.690. The Morgan fingerprint density at radius 1 is 1.13 bits per heavy atom. The molecule has 0 radical (unpaired) electrons. The van der Waals surface area contributed by atoms with Gasteiger partial charge in [-0.1, -0.05) is 48.1 Å². The van der Waals surface area contributed by atoms with Gasteiger partial charge in [0.1, 0.15) is 0 Å². The highest BCUT2D eigenvalue weighted by molar-refractivity contribution is 8.06. The fourth-order valence-electron chi connectivity index (χ4n) is 1.04. The molecule has 0 saturated carbocycles. The van der Waals surface area contributed by atoms with Crippen molar-refractivity contribution in [2.24, 2.45) is 0 Å². The van der Waals surface area contributed by atoms with Crippen LogP contribution in [0.25, 0.3) is 0 Å². The first kappa shape index (κ1) is 14.3. The second kappa shape index (κ2) is 7.58. The summed E-state index contributed by atoms with van der Waals surface area (Å²) >= 11 is 1.68. The molecule has 0 heterocycles. The van der Waals surface area contributed by atoms with Gasteiger partial charge in [-0.05, 0) is 45.6 Å². The quantitative estimate of drug-likeness (QED) is 0.557. The Bertz CT molecular complexity index is 299. The van der Waals surface area contributed by atoms with Crippen LogP contribution in [0.15, 0.2) is 45.8 Å². The summed E-state index contributed by atoms with van der Waals surface area (Å²) in [7, 11) is 0. The molecule has 0 fully saturated rings. The maximum absolute atomic E-state index is 3.74. The van der Waals surface area contributed by atoms with Crippen LogP contribution in [0, 0.1) is 0 Å². The van der Waals surface area contributed by atoms with Crippen molar-refractivity contribution in [3.05, 3.63) is 45.8 Å². The summed E-state index contributed by atoms with van der Waals surface area (Å²) in [4.78, 5) is 1.29. The molecular weight excluding hydrogens is 200 g/mol. The van der Waals surface area contributed by atoms with Gasteiger partial charge in [-0.15, -0.1) is 0 Å². The highest BCUT2D eigenvalue weighted by Gasteiger charge is 1.94. The van der Waals surface area contributed by atoms with E-state index in [2.05, 4.69) is 53.3 Å². The monoisotopic (exact) mass is 222 g/mol. The molecule has 0 atom stereocenters. The van der Waals surface area contributed by atoms with E-state index in [0.717, 1.165) is 6.42 Å². The van der Waals surface area contributed by atoms with Crippen molar-refractivity contribution in [1.82, 2.24) is 0 Å². The molecule has 0 amide bonds. The Kier molecular flexibility index (Phi) is 7.23. The van der Waals surface area contributed by atoms with Crippen molar-refractivity contribution in [2.45, 2.75) is 41.0 Å². The molecule has 0 spiro atoms. The molecule has 0 aliphatic rings. The summed E-state index contributed by atoms with van der Waals surface area (Å²) in [6.07, 6.45) is 5.49. The molecule has 1 heteroatoms. The standard InChI is InChI=1S/C14H22S/c1-7-12(5)13(6)9-10-14(11(3)4)15-8-2/h8-10H,2,7H2,1,3-6H3/b10-9+,13-12-. The summed E-state index contributed by atoms with van der Waals surface area (Å²) in [6, 6.07) is 0. The van der Waals surface area contributed by atoms with Crippen molar-refractivity contribution in [3.8, 4) is 0 Å². The molecule has 0 N–H and O–H groups in total. The van der Waals surface area contributed by atoms with E-state index < -0.39 is 0 Å². The van der Waals surface area contributed by atoms with Gasteiger partial charge >= 0.3 is 0 Å². The van der Waals surface area contributed by atoms with Crippen LogP contribution in [0.4, 0.5) is 0 Å². The van der Waals surface area contributed by atoms with Crippen molar-refractivity contribution in [1.29, 1.82) is 0 Å². The number of rotatable bonds is 5. The lowest BCUT2D eigenvalue weighted by atomic mass is 10.1. The summed E-state index contributed by atoms with van der Waals surface area (Å²) in [5, 5.41) is 1.87. The van der Waals surface area contributed by atoms with E-state index in [1.807, 2.05) is 5.41 Å². The van der Waals surface area contributed by atoms with Crippen LogP contribution in [0.1, 0.15) is 41.0 Å². The third-order valence-corrected chi connectivity index (χ3v) is 3.36. The molecule has 15 heavy (non-hydrogen) atoms. The first-order chi connectivity index (χ1) is 7.02. The van der Waals surface area contributed by atoms with E-state index in [1.54, 1.807) is 11.8 Å². The predicted octanol–water partition coefficient (Wildman–Crippen LogP) is 5.46. The lowest BCUT2D eigenvalue weighted by Crippen LogP contribution is -1.79. The zero-order chi connectivity index (χ0) is 11.8. The van der Waals surface area contributed by atoms with Gasteiger partial charge in [0, 0.05) is 4.91 Å². The van der Waals surface area contributed by atoms with E-state index in [1.165, 1.54) is 21.6 Å². The minimum atomic E-state index is 1.12. The highest BCUT2D eigenvalue weighted by atomic mass is 32.2. The van der Waals surface area contributed by atoms with E-state index in [0.29, 0.717) is 0 Å². The summed E-state index contributed by atoms with van der Waals surface area (Å²) in [5.74, 6) is 0. The Labute approximate surface area is 98.8 Å². The van der Waals surface area contributed by atoms with Crippen LogP contribution < -0.4 is 0 Å². The van der Waals surface area contributed by atoms with Gasteiger partial charge < -0.3 is 0 Å². The SMILES string of the molecule is C=CSC(/C=C/C(C)=C(/C)CC)=C(C)C. The molecular formula is C14H22S. The molecule has 0 aromatic heterocycles. The molecule has 0 aromatic rings. The normalized spacial score (nSPS) is 12.6. The van der Waals surface area contributed by atoms with Crippen LogP contribution in [0.5, 0.6) is 0 Å². The lowest BCUT2D eigenvalue weighted by Gasteiger charge is -2.02. The van der Waals surface area contributed by atoms with Crippen molar-refractivity contribution < 1.29 is 0 Å². The van der Waals surface area contributed by atoms with Gasteiger partial charge in [0.25, 0.3) is 0 Å². The van der Waals surface area contributed by atoms with Crippen LogP contribution in [0.2, 0.25) is 0 Å². The number of hydrogen-bond acceptors (Lipinski definition) is 1. The molecule has 84 valence electrons. The second-order valence-electron chi connectivity index (χ2n) is 3.80. The number of thioether (sulfide) groups is 1. The van der Waals surface area contributed by atoms with Gasteiger partial charge in [0.15, 0.2) is 0 Å². The molecule has 0 rings (SSSR count). The predicted molar refractivity (Wildman–Crippen MR) is 74.0 cm³/mol. The molecule has 0 bridgehead atoms. The zero-order valence-electron chi connectivity index (χ0n) is 10.6. The van der Waals surface area contributed by atoms with Crippen LogP contribution in [-0.2, 0) is 0 Å². The molecule has 0 nitrogen and oxygen atoms in total. The Morgan fingerprint density at radius 2 is 1.73 bits per heavy atom. The Morgan fingerprint density at radius 3 is 2.13 bits per heavy atom. The largest absolute Gasteiger partial charge is 0.0988 e. The lowest BCUT2D eigenvalue weighted by molar-refractivity contribution is 1.07. The minimum absolute atomic E-state index is 1.12. The van der Waals surface area contributed by atoms with E-state index in [4.69, 9.17) is 0 Å². The van der Waals surface area contributed by atoms with E-state index >= 15 is 0 Å². The van der Waals surface area contributed by atoms with Crippen LogP contribution in [0.3, 0.4) is 0 Å². The maximum Gasteiger partial charge on any atom is 0.0102 e. The zero-order valence-corrected chi connectivity index (χ0v) is 11.4. The van der Waals surface area contributed by atoms with E-state index in [-0.39, 0.29) is 0 Å². The molecule has 0 aliphatic carbocycles. The van der Waals surface area contributed by atoms with Gasteiger partial charge in [-0.2, -0.15) is 0 Å². The fraction of sp³-hybridized carbons (Fsp3) is 0.429. The minimum Gasteiger partial charge on any atom is -0.0988 e. The van der Waals surface area contributed by atoms with Crippen molar-refractivity contribution in [2.75, 3.05) is 0 Å². The summed E-state index contributed by atoms with van der Waals surface area (Å²) in [5.41, 5.74) is 4.14. The number of allylic oxidation sites excluding steroid dienone is 5. The molecule has 0 aromatic carbocycles. The molecule has 0 unspecified atom stereocenters. The van der Waals surface area contributed by atoms with Crippen molar-refractivity contribution in [3.63, 3.8) is 0 Å². The fourth-order valence-corrected chi connectivity index (χ4v) is 1.60. The van der Waals surface area contributed by atoms with Gasteiger partial charge in [0.2, 0.25) is 0 Å². The van der Waals surface area contributed by atoms with Crippen LogP contribution >= 0.6 is 11.8 Å². The van der Waals surface area contributed by atoms with Crippen molar-refractivity contribution >= 4 is 11.8 Å².